The summed E-state index contributed by atoms with van der Waals surface area (Å²) >= 11 is 0. The molecule has 1 atom stereocenters. The third-order valence-electron chi connectivity index (χ3n) is 3.94. The molecule has 0 saturated carbocycles. The minimum absolute atomic E-state index is 0.163. The maximum Gasteiger partial charge on any atom is 0.251 e. The largest absolute Gasteiger partial charge is 0.380 e. The van der Waals surface area contributed by atoms with Crippen LogP contribution in [0.15, 0.2) is 28.8 Å². The maximum atomic E-state index is 12.1. The molecule has 2 aromatic rings. The van der Waals surface area contributed by atoms with Crippen LogP contribution in [0.5, 0.6) is 0 Å². The number of nitrogens with zero attached hydrogens (tertiary/aromatic N) is 3. The molecule has 0 spiro atoms. The smallest absolute Gasteiger partial charge is 0.251 e. The topological polar surface area (TPSA) is 80.5 Å². The number of rotatable bonds is 5. The van der Waals surface area contributed by atoms with Crippen molar-refractivity contribution in [2.45, 2.75) is 26.0 Å². The van der Waals surface area contributed by atoms with Crippen LogP contribution in [0.25, 0.3) is 0 Å². The highest BCUT2D eigenvalue weighted by Crippen LogP contribution is 2.22. The van der Waals surface area contributed by atoms with Gasteiger partial charge >= 0.3 is 0 Å². The highest BCUT2D eigenvalue weighted by molar-refractivity contribution is 5.94. The molecule has 1 saturated heterocycles. The Morgan fingerprint density at radius 3 is 2.83 bits per heavy atom. The Balaban J connectivity index is 1.57. The fraction of sp³-hybridized carbons (Fsp3) is 0.438. The van der Waals surface area contributed by atoms with Crippen LogP contribution >= 0.6 is 0 Å². The molecule has 2 heterocycles. The number of hydrogen-bond donors (Lipinski definition) is 1. The van der Waals surface area contributed by atoms with Gasteiger partial charge in [-0.3, -0.25) is 4.79 Å². The zero-order chi connectivity index (χ0) is 16.2. The number of aryl methyl sites for hydroxylation is 1. The lowest BCUT2D eigenvalue weighted by atomic mass is 10.2. The summed E-state index contributed by atoms with van der Waals surface area (Å²) in [5.41, 5.74) is 1.71. The number of nitrogens with one attached hydrogen (secondary N) is 1. The summed E-state index contributed by atoms with van der Waals surface area (Å²) in [6.45, 7) is 3.82. The molecule has 0 radical (unpaired) electrons. The van der Waals surface area contributed by atoms with Crippen molar-refractivity contribution in [3.63, 3.8) is 0 Å². The van der Waals surface area contributed by atoms with Gasteiger partial charge in [0.15, 0.2) is 5.82 Å². The highest BCUT2D eigenvalue weighted by Gasteiger charge is 2.22. The van der Waals surface area contributed by atoms with Gasteiger partial charge in [-0.05, 0) is 37.6 Å². The standard InChI is InChI=1S/C16H20N4O3/c1-11-18-15(23-19-11)9-17-16(21)12-3-5-13(6-4-12)20-8-7-14(10-20)22-2/h3-6,14H,7-10H2,1-2H3,(H,17,21)/t14-/m1/s1. The van der Waals surface area contributed by atoms with Crippen molar-refractivity contribution in [1.82, 2.24) is 15.5 Å². The first-order valence-electron chi connectivity index (χ1n) is 7.61. The summed E-state index contributed by atoms with van der Waals surface area (Å²) in [6.07, 6.45) is 1.32. The van der Waals surface area contributed by atoms with Crippen molar-refractivity contribution in [1.29, 1.82) is 0 Å². The second kappa shape index (κ2) is 6.78. The fourth-order valence-electron chi connectivity index (χ4n) is 2.65. The SMILES string of the molecule is CO[C@@H]1CCN(c2ccc(C(=O)NCc3nc(C)no3)cc2)C1. The Labute approximate surface area is 134 Å². The average molecular weight is 316 g/mol. The molecule has 23 heavy (non-hydrogen) atoms. The number of anilines is 1. The third-order valence-corrected chi connectivity index (χ3v) is 3.94. The molecular formula is C16H20N4O3. The number of hydrogen-bond acceptors (Lipinski definition) is 6. The molecule has 7 heteroatoms. The van der Waals surface area contributed by atoms with E-state index in [1.165, 1.54) is 0 Å². The van der Waals surface area contributed by atoms with Crippen LogP contribution < -0.4 is 10.2 Å². The first-order chi connectivity index (χ1) is 11.2. The van der Waals surface area contributed by atoms with E-state index in [2.05, 4.69) is 20.4 Å². The second-order valence-corrected chi connectivity index (χ2v) is 5.56. The van der Waals surface area contributed by atoms with E-state index in [-0.39, 0.29) is 18.6 Å². The van der Waals surface area contributed by atoms with Crippen LogP contribution in [0, 0.1) is 6.92 Å². The quantitative estimate of drug-likeness (QED) is 0.901. The highest BCUT2D eigenvalue weighted by atomic mass is 16.5. The molecule has 7 nitrogen and oxygen atoms in total. The summed E-state index contributed by atoms with van der Waals surface area (Å²) in [6, 6.07) is 7.57. The second-order valence-electron chi connectivity index (χ2n) is 5.56. The number of ether oxygens (including phenoxy) is 1. The summed E-state index contributed by atoms with van der Waals surface area (Å²) in [4.78, 5) is 18.4. The van der Waals surface area contributed by atoms with E-state index in [4.69, 9.17) is 9.26 Å². The Bertz CT molecular complexity index is 668. The summed E-state index contributed by atoms with van der Waals surface area (Å²) < 4.78 is 10.3. The van der Waals surface area contributed by atoms with Gasteiger partial charge in [-0.25, -0.2) is 0 Å². The van der Waals surface area contributed by atoms with E-state index in [9.17, 15) is 4.79 Å². The molecule has 1 aromatic heterocycles. The molecule has 122 valence electrons. The van der Waals surface area contributed by atoms with Gasteiger partial charge in [-0.1, -0.05) is 5.16 Å². The Kier molecular flexibility index (Phi) is 4.57. The number of methoxy groups -OCH3 is 1. The number of amides is 1. The molecule has 1 amide bonds. The van der Waals surface area contributed by atoms with Crippen LogP contribution in [0.1, 0.15) is 28.5 Å². The van der Waals surface area contributed by atoms with Crippen LogP contribution in [0.2, 0.25) is 0 Å². The molecule has 0 bridgehead atoms. The van der Waals surface area contributed by atoms with Gasteiger partial charge in [0.1, 0.15) is 0 Å². The normalized spacial score (nSPS) is 17.5. The number of carbonyl (C=O) groups is 1. The predicted molar refractivity (Wildman–Crippen MR) is 84.3 cm³/mol. The van der Waals surface area contributed by atoms with Crippen molar-refractivity contribution in [2.24, 2.45) is 0 Å². The molecule has 1 N–H and O–H groups in total. The van der Waals surface area contributed by atoms with E-state index < -0.39 is 0 Å². The minimum Gasteiger partial charge on any atom is -0.380 e. The van der Waals surface area contributed by atoms with Crippen LogP contribution in [-0.4, -0.2) is 42.4 Å². The van der Waals surface area contributed by atoms with Gasteiger partial charge in [0.05, 0.1) is 12.6 Å². The molecule has 1 aliphatic heterocycles. The fourth-order valence-corrected chi connectivity index (χ4v) is 2.65. The van der Waals surface area contributed by atoms with Crippen molar-refractivity contribution in [3.05, 3.63) is 41.5 Å². The lowest BCUT2D eigenvalue weighted by Crippen LogP contribution is -2.24. The molecule has 0 aliphatic carbocycles. The molecule has 1 fully saturated rings. The van der Waals surface area contributed by atoms with Crippen molar-refractivity contribution >= 4 is 11.6 Å². The van der Waals surface area contributed by atoms with Crippen molar-refractivity contribution in [2.75, 3.05) is 25.1 Å². The van der Waals surface area contributed by atoms with Crippen molar-refractivity contribution in [3.8, 4) is 0 Å². The average Bonchev–Trinajstić information content (AvgIpc) is 3.21. The minimum atomic E-state index is -0.163. The van der Waals surface area contributed by atoms with Gasteiger partial charge in [0, 0.05) is 31.5 Å². The van der Waals surface area contributed by atoms with Crippen LogP contribution in [-0.2, 0) is 11.3 Å². The first kappa shape index (κ1) is 15.5. The van der Waals surface area contributed by atoms with Gasteiger partial charge in [0.2, 0.25) is 5.89 Å². The van der Waals surface area contributed by atoms with E-state index in [1.54, 1.807) is 14.0 Å². The van der Waals surface area contributed by atoms with Crippen molar-refractivity contribution < 1.29 is 14.1 Å². The van der Waals surface area contributed by atoms with E-state index in [0.29, 0.717) is 17.3 Å². The monoisotopic (exact) mass is 316 g/mol. The maximum absolute atomic E-state index is 12.1. The Morgan fingerprint density at radius 1 is 1.43 bits per heavy atom. The molecule has 1 aliphatic rings. The first-order valence-corrected chi connectivity index (χ1v) is 7.61. The van der Waals surface area contributed by atoms with Gasteiger partial charge in [-0.2, -0.15) is 4.98 Å². The third kappa shape index (κ3) is 3.68. The van der Waals surface area contributed by atoms with E-state index >= 15 is 0 Å². The molecular weight excluding hydrogens is 296 g/mol. The van der Waals surface area contributed by atoms with Crippen LogP contribution in [0.4, 0.5) is 5.69 Å². The molecule has 0 unspecified atom stereocenters. The predicted octanol–water partition coefficient (Wildman–Crippen LogP) is 1.53. The van der Waals surface area contributed by atoms with Crippen LogP contribution in [0.3, 0.4) is 0 Å². The Morgan fingerprint density at radius 2 is 2.22 bits per heavy atom. The van der Waals surface area contributed by atoms with Gasteiger partial charge in [-0.15, -0.1) is 0 Å². The molecule has 3 rings (SSSR count). The Hall–Kier alpha value is -2.41. The lowest BCUT2D eigenvalue weighted by molar-refractivity contribution is 0.0946. The summed E-state index contributed by atoms with van der Waals surface area (Å²) in [7, 11) is 1.74. The number of carbonyl (C=O) groups excluding carboxylic acids is 1. The number of benzene rings is 1. The molecule has 1 aromatic carbocycles. The summed E-state index contributed by atoms with van der Waals surface area (Å²) in [5.74, 6) is 0.789. The zero-order valence-corrected chi connectivity index (χ0v) is 13.3. The summed E-state index contributed by atoms with van der Waals surface area (Å²) in [5, 5.41) is 6.45. The number of aromatic nitrogens is 2. The van der Waals surface area contributed by atoms with E-state index in [0.717, 1.165) is 25.2 Å². The van der Waals surface area contributed by atoms with Gasteiger partial charge in [0.25, 0.3) is 5.91 Å². The lowest BCUT2D eigenvalue weighted by Gasteiger charge is -2.18. The van der Waals surface area contributed by atoms with Gasteiger partial charge < -0.3 is 19.5 Å². The van der Waals surface area contributed by atoms with E-state index in [1.807, 2.05) is 24.3 Å². The zero-order valence-electron chi connectivity index (χ0n) is 13.3.